The number of nitrogens with two attached hydrogens (primary N) is 1. The standard InChI is InChI=1S/C12H9N5O3S/c13-12-16-15-10(21-12)6-20-9-4-3-8(17(18)19)11-7(9)2-1-5-14-11/h1-5H,6H2,(H2,13,16). The number of fused-ring (bicyclic) bond motifs is 1. The minimum atomic E-state index is -0.468. The molecular formula is C12H9N5O3S. The first-order chi connectivity index (χ1) is 10.1. The second-order valence-electron chi connectivity index (χ2n) is 4.06. The molecule has 0 fully saturated rings. The number of nitro benzene ring substituents is 1. The average molecular weight is 303 g/mol. The molecule has 1 aromatic carbocycles. The minimum absolute atomic E-state index is 0.0573. The van der Waals surface area contributed by atoms with Crippen molar-refractivity contribution < 1.29 is 9.66 Å². The summed E-state index contributed by atoms with van der Waals surface area (Å²) in [7, 11) is 0. The van der Waals surface area contributed by atoms with E-state index in [0.717, 1.165) is 0 Å². The van der Waals surface area contributed by atoms with Gasteiger partial charge in [-0.2, -0.15) is 0 Å². The van der Waals surface area contributed by atoms with Crippen LogP contribution in [0.4, 0.5) is 10.8 Å². The molecule has 2 heterocycles. The summed E-state index contributed by atoms with van der Waals surface area (Å²) in [5, 5.41) is 20.1. The minimum Gasteiger partial charge on any atom is -0.486 e. The van der Waals surface area contributed by atoms with Gasteiger partial charge in [0.25, 0.3) is 5.69 Å². The second kappa shape index (κ2) is 5.29. The zero-order chi connectivity index (χ0) is 14.8. The number of rotatable bonds is 4. The summed E-state index contributed by atoms with van der Waals surface area (Å²) in [6, 6.07) is 6.34. The first kappa shape index (κ1) is 13.2. The molecule has 0 bridgehead atoms. The number of anilines is 1. The normalized spacial score (nSPS) is 10.7. The number of pyridine rings is 1. The number of benzene rings is 1. The number of nitrogens with zero attached hydrogens (tertiary/aromatic N) is 4. The van der Waals surface area contributed by atoms with Gasteiger partial charge in [-0.1, -0.05) is 11.3 Å². The molecule has 3 aromatic rings. The van der Waals surface area contributed by atoms with Crippen molar-refractivity contribution in [2.75, 3.05) is 5.73 Å². The number of aromatic nitrogens is 3. The number of hydrogen-bond donors (Lipinski definition) is 1. The third-order valence-electron chi connectivity index (χ3n) is 2.74. The zero-order valence-electron chi connectivity index (χ0n) is 10.6. The number of non-ortho nitro benzene ring substituents is 1. The molecule has 0 aliphatic heterocycles. The lowest BCUT2D eigenvalue weighted by Gasteiger charge is -2.07. The Morgan fingerprint density at radius 2 is 2.19 bits per heavy atom. The number of nitro groups is 1. The van der Waals surface area contributed by atoms with Crippen LogP contribution in [0.25, 0.3) is 10.9 Å². The molecule has 0 unspecified atom stereocenters. The van der Waals surface area contributed by atoms with Crippen LogP contribution in [0.3, 0.4) is 0 Å². The third kappa shape index (κ3) is 2.58. The summed E-state index contributed by atoms with van der Waals surface area (Å²) in [6.45, 7) is 0.191. The lowest BCUT2D eigenvalue weighted by atomic mass is 10.2. The van der Waals surface area contributed by atoms with Gasteiger partial charge >= 0.3 is 0 Å². The third-order valence-corrected chi connectivity index (χ3v) is 3.46. The first-order valence-corrected chi connectivity index (χ1v) is 6.69. The van der Waals surface area contributed by atoms with Gasteiger partial charge in [0.1, 0.15) is 12.4 Å². The van der Waals surface area contributed by atoms with E-state index in [4.69, 9.17) is 10.5 Å². The van der Waals surface area contributed by atoms with E-state index in [-0.39, 0.29) is 17.8 Å². The molecule has 0 atom stereocenters. The Bertz CT molecular complexity index is 820. The summed E-state index contributed by atoms with van der Waals surface area (Å²) in [5.74, 6) is 0.498. The lowest BCUT2D eigenvalue weighted by Crippen LogP contribution is -1.98. The van der Waals surface area contributed by atoms with Gasteiger partial charge in [0, 0.05) is 17.6 Å². The van der Waals surface area contributed by atoms with E-state index in [0.29, 0.717) is 21.3 Å². The van der Waals surface area contributed by atoms with Gasteiger partial charge in [-0.25, -0.2) is 4.98 Å². The number of ether oxygens (including phenoxy) is 1. The zero-order valence-corrected chi connectivity index (χ0v) is 11.4. The smallest absolute Gasteiger partial charge is 0.295 e. The van der Waals surface area contributed by atoms with Crippen LogP contribution >= 0.6 is 11.3 Å². The van der Waals surface area contributed by atoms with E-state index in [1.807, 2.05) is 0 Å². The number of hydrogen-bond acceptors (Lipinski definition) is 8. The maximum atomic E-state index is 11.0. The lowest BCUT2D eigenvalue weighted by molar-refractivity contribution is -0.383. The summed E-state index contributed by atoms with van der Waals surface area (Å²) >= 11 is 1.23. The Morgan fingerprint density at radius 1 is 1.33 bits per heavy atom. The molecule has 0 saturated carbocycles. The van der Waals surface area contributed by atoms with Gasteiger partial charge in [-0.05, 0) is 18.2 Å². The highest BCUT2D eigenvalue weighted by Gasteiger charge is 2.16. The fraction of sp³-hybridized carbons (Fsp3) is 0.0833. The van der Waals surface area contributed by atoms with Crippen molar-refractivity contribution in [3.8, 4) is 5.75 Å². The second-order valence-corrected chi connectivity index (χ2v) is 5.16. The van der Waals surface area contributed by atoms with Gasteiger partial charge in [-0.3, -0.25) is 10.1 Å². The van der Waals surface area contributed by atoms with E-state index >= 15 is 0 Å². The molecule has 0 spiro atoms. The van der Waals surface area contributed by atoms with Gasteiger partial charge in [0.15, 0.2) is 10.5 Å². The van der Waals surface area contributed by atoms with Crippen LogP contribution in [0.2, 0.25) is 0 Å². The van der Waals surface area contributed by atoms with E-state index < -0.39 is 4.92 Å². The van der Waals surface area contributed by atoms with Gasteiger partial charge in [0.2, 0.25) is 5.13 Å². The van der Waals surface area contributed by atoms with Crippen molar-refractivity contribution in [1.82, 2.24) is 15.2 Å². The Hall–Kier alpha value is -2.81. The predicted octanol–water partition coefficient (Wildman–Crippen LogP) is 2.16. The van der Waals surface area contributed by atoms with Crippen LogP contribution in [0, 0.1) is 10.1 Å². The summed E-state index contributed by atoms with van der Waals surface area (Å²) in [4.78, 5) is 14.6. The van der Waals surface area contributed by atoms with Crippen LogP contribution in [0.5, 0.6) is 5.75 Å². The highest BCUT2D eigenvalue weighted by Crippen LogP contribution is 2.31. The van der Waals surface area contributed by atoms with E-state index in [1.165, 1.54) is 23.6 Å². The molecule has 21 heavy (non-hydrogen) atoms. The Balaban J connectivity index is 1.96. The molecule has 8 nitrogen and oxygen atoms in total. The largest absolute Gasteiger partial charge is 0.486 e. The number of nitrogen functional groups attached to an aromatic ring is 1. The monoisotopic (exact) mass is 303 g/mol. The molecular weight excluding hydrogens is 294 g/mol. The van der Waals surface area contributed by atoms with Crippen molar-refractivity contribution in [2.24, 2.45) is 0 Å². The Morgan fingerprint density at radius 3 is 2.90 bits per heavy atom. The van der Waals surface area contributed by atoms with E-state index in [2.05, 4.69) is 15.2 Å². The maximum Gasteiger partial charge on any atom is 0.295 e. The molecule has 0 radical (unpaired) electrons. The molecule has 9 heteroatoms. The maximum absolute atomic E-state index is 11.0. The van der Waals surface area contributed by atoms with Crippen LogP contribution in [0.15, 0.2) is 30.5 Å². The van der Waals surface area contributed by atoms with Gasteiger partial charge in [-0.15, -0.1) is 10.2 Å². The van der Waals surface area contributed by atoms with Crippen molar-refractivity contribution >= 4 is 33.1 Å². The fourth-order valence-electron chi connectivity index (χ4n) is 1.87. The summed E-state index contributed by atoms with van der Waals surface area (Å²) in [6.07, 6.45) is 1.50. The summed E-state index contributed by atoms with van der Waals surface area (Å²) < 4.78 is 5.64. The van der Waals surface area contributed by atoms with E-state index in [9.17, 15) is 10.1 Å². The SMILES string of the molecule is Nc1nnc(COc2ccc([N+](=O)[O-])c3ncccc23)s1. The Labute approximate surface area is 122 Å². The molecule has 2 aromatic heterocycles. The van der Waals surface area contributed by atoms with Crippen LogP contribution in [0.1, 0.15) is 5.01 Å². The fourth-order valence-corrected chi connectivity index (χ4v) is 2.39. The topological polar surface area (TPSA) is 117 Å². The van der Waals surface area contributed by atoms with Crippen molar-refractivity contribution in [3.05, 3.63) is 45.6 Å². The van der Waals surface area contributed by atoms with Crippen molar-refractivity contribution in [3.63, 3.8) is 0 Å². The molecule has 3 rings (SSSR count). The highest BCUT2D eigenvalue weighted by atomic mass is 32.1. The van der Waals surface area contributed by atoms with Crippen LogP contribution in [-0.2, 0) is 6.61 Å². The predicted molar refractivity (Wildman–Crippen MR) is 77.1 cm³/mol. The Kier molecular flexibility index (Phi) is 3.32. The summed E-state index contributed by atoms with van der Waals surface area (Å²) in [5.41, 5.74) is 5.73. The van der Waals surface area contributed by atoms with Crippen LogP contribution < -0.4 is 10.5 Å². The van der Waals surface area contributed by atoms with E-state index in [1.54, 1.807) is 18.2 Å². The molecule has 106 valence electrons. The van der Waals surface area contributed by atoms with Crippen molar-refractivity contribution in [2.45, 2.75) is 6.61 Å². The van der Waals surface area contributed by atoms with Crippen LogP contribution in [-0.4, -0.2) is 20.1 Å². The molecule has 0 saturated heterocycles. The quantitative estimate of drug-likeness (QED) is 0.579. The molecule has 2 N–H and O–H groups in total. The van der Waals surface area contributed by atoms with Gasteiger partial charge in [0.05, 0.1) is 4.92 Å². The first-order valence-electron chi connectivity index (χ1n) is 5.88. The molecule has 0 aliphatic rings. The average Bonchev–Trinajstić information content (AvgIpc) is 2.90. The molecule has 0 amide bonds. The molecule has 0 aliphatic carbocycles. The highest BCUT2D eigenvalue weighted by molar-refractivity contribution is 7.15. The van der Waals surface area contributed by atoms with Gasteiger partial charge < -0.3 is 10.5 Å². The van der Waals surface area contributed by atoms with Crippen molar-refractivity contribution in [1.29, 1.82) is 0 Å².